The first kappa shape index (κ1) is 36.5. The van der Waals surface area contributed by atoms with Crippen LogP contribution < -0.4 is 10.0 Å². The number of carbonyl (C=O) groups is 2. The van der Waals surface area contributed by atoms with Crippen molar-refractivity contribution in [3.63, 3.8) is 0 Å². The number of amides is 2. The van der Waals surface area contributed by atoms with E-state index in [0.29, 0.717) is 47.6 Å². The summed E-state index contributed by atoms with van der Waals surface area (Å²) in [5.41, 5.74) is -2.25. The second-order valence-electron chi connectivity index (χ2n) is 13.7. The van der Waals surface area contributed by atoms with Gasteiger partial charge >= 0.3 is 12.3 Å². The number of nitrogens with one attached hydrogen (secondary N) is 2. The van der Waals surface area contributed by atoms with Gasteiger partial charge < -0.3 is 15.0 Å². The molecule has 1 aliphatic carbocycles. The summed E-state index contributed by atoms with van der Waals surface area (Å²) in [6.45, 7) is 5.52. The standard InChI is InChI=1S/C33H40F5N5O5S/c1-31(2,3)48-30(45)40-25-14-16-42(17-15-25)29(44)28(32(34,35)23-8-10-24(11-9-23)33(36,37)38)41-49(46,47)26-12-13-27-22(18-26)19-39-43(27)20-21-6-4-5-7-21/h8-13,18-19,21,25,28,41H,4-7,14-17,20H2,1-3H3,(H,40,45). The van der Waals surface area contributed by atoms with E-state index in [1.54, 1.807) is 25.5 Å². The van der Waals surface area contributed by atoms with Crippen LogP contribution in [0.4, 0.5) is 26.7 Å². The third kappa shape index (κ3) is 8.69. The molecule has 2 N–H and O–H groups in total. The molecule has 2 aromatic carbocycles. The molecule has 0 radical (unpaired) electrons. The maximum atomic E-state index is 16.2. The zero-order chi connectivity index (χ0) is 35.8. The van der Waals surface area contributed by atoms with Gasteiger partial charge in [-0.2, -0.15) is 31.8 Å². The van der Waals surface area contributed by atoms with Gasteiger partial charge in [0.25, 0.3) is 5.92 Å². The van der Waals surface area contributed by atoms with Crippen LogP contribution in [0.15, 0.2) is 53.6 Å². The number of hydrogen-bond donors (Lipinski definition) is 2. The lowest BCUT2D eigenvalue weighted by atomic mass is 9.97. The van der Waals surface area contributed by atoms with E-state index < -0.39 is 62.9 Å². The number of alkyl carbamates (subject to hydrolysis) is 1. The fraction of sp³-hybridized carbons (Fsp3) is 0.545. The highest BCUT2D eigenvalue weighted by Crippen LogP contribution is 2.37. The molecule has 3 aromatic rings. The first-order chi connectivity index (χ1) is 22.8. The quantitative estimate of drug-likeness (QED) is 0.255. The highest BCUT2D eigenvalue weighted by atomic mass is 32.2. The summed E-state index contributed by atoms with van der Waals surface area (Å²) < 4.78 is 108. The van der Waals surface area contributed by atoms with E-state index in [2.05, 4.69) is 10.4 Å². The number of sulfonamides is 1. The monoisotopic (exact) mass is 713 g/mol. The van der Waals surface area contributed by atoms with Gasteiger partial charge in [-0.05, 0) is 82.7 Å². The minimum Gasteiger partial charge on any atom is -0.444 e. The van der Waals surface area contributed by atoms with Crippen molar-refractivity contribution in [3.05, 3.63) is 59.8 Å². The number of carbonyl (C=O) groups excluding carboxylic acids is 2. The lowest BCUT2D eigenvalue weighted by molar-refractivity contribution is -0.145. The SMILES string of the molecule is CC(C)(C)OC(=O)NC1CCN(C(=O)C(NS(=O)(=O)c2ccc3c(cnn3CC3CCCC3)c2)C(F)(F)c2ccc(C(F)(F)F)cc2)CC1. The molecule has 2 amide bonds. The molecule has 0 spiro atoms. The Bertz CT molecular complexity index is 1760. The van der Waals surface area contributed by atoms with Gasteiger partial charge in [0.2, 0.25) is 15.9 Å². The van der Waals surface area contributed by atoms with E-state index in [-0.39, 0.29) is 30.8 Å². The molecule has 10 nitrogen and oxygen atoms in total. The molecule has 1 aromatic heterocycles. The third-order valence-corrected chi connectivity index (χ3v) is 10.3. The number of fused-ring (bicyclic) bond motifs is 1. The average Bonchev–Trinajstić information content (AvgIpc) is 3.68. The van der Waals surface area contributed by atoms with Crippen LogP contribution in [-0.2, 0) is 38.2 Å². The van der Waals surface area contributed by atoms with E-state index in [4.69, 9.17) is 4.74 Å². The number of halogens is 5. The largest absolute Gasteiger partial charge is 0.444 e. The van der Waals surface area contributed by atoms with Gasteiger partial charge in [-0.1, -0.05) is 25.0 Å². The number of ether oxygens (including phenoxy) is 1. The van der Waals surface area contributed by atoms with Crippen molar-refractivity contribution >= 4 is 32.9 Å². The normalized spacial score (nSPS) is 17.8. The van der Waals surface area contributed by atoms with Gasteiger partial charge in [-0.3, -0.25) is 9.48 Å². The first-order valence-electron chi connectivity index (χ1n) is 16.2. The van der Waals surface area contributed by atoms with Crippen LogP contribution in [0.1, 0.15) is 70.4 Å². The smallest absolute Gasteiger partial charge is 0.416 e. The van der Waals surface area contributed by atoms with Crippen molar-refractivity contribution in [3.8, 4) is 0 Å². The second-order valence-corrected chi connectivity index (χ2v) is 15.4. The Balaban J connectivity index is 1.39. The van der Waals surface area contributed by atoms with Crippen LogP contribution in [0.25, 0.3) is 10.9 Å². The maximum Gasteiger partial charge on any atom is 0.416 e. The van der Waals surface area contributed by atoms with Crippen molar-refractivity contribution in [2.45, 2.75) is 101 Å². The van der Waals surface area contributed by atoms with Crippen molar-refractivity contribution in [2.75, 3.05) is 13.1 Å². The maximum absolute atomic E-state index is 16.2. The van der Waals surface area contributed by atoms with Crippen molar-refractivity contribution in [1.29, 1.82) is 0 Å². The lowest BCUT2D eigenvalue weighted by Crippen LogP contribution is -2.58. The molecule has 2 heterocycles. The summed E-state index contributed by atoms with van der Waals surface area (Å²) in [6, 6.07) is 2.85. The molecule has 2 fully saturated rings. The number of benzene rings is 2. The fourth-order valence-corrected chi connectivity index (χ4v) is 7.49. The molecule has 1 aliphatic heterocycles. The number of aromatic nitrogens is 2. The Morgan fingerprint density at radius 3 is 2.14 bits per heavy atom. The molecule has 16 heteroatoms. The number of nitrogens with zero attached hydrogens (tertiary/aromatic N) is 3. The van der Waals surface area contributed by atoms with Crippen LogP contribution in [0.2, 0.25) is 0 Å². The molecule has 2 aliphatic rings. The fourth-order valence-electron chi connectivity index (χ4n) is 6.27. The van der Waals surface area contributed by atoms with Gasteiger partial charge in [0.1, 0.15) is 5.60 Å². The number of piperidine rings is 1. The van der Waals surface area contributed by atoms with E-state index in [1.807, 2.05) is 4.72 Å². The number of likely N-dealkylation sites (tertiary alicyclic amines) is 1. The van der Waals surface area contributed by atoms with Crippen molar-refractivity contribution in [1.82, 2.24) is 24.7 Å². The summed E-state index contributed by atoms with van der Waals surface area (Å²) in [4.78, 5) is 26.6. The Morgan fingerprint density at radius 1 is 0.939 bits per heavy atom. The van der Waals surface area contributed by atoms with Gasteiger partial charge in [0, 0.05) is 36.6 Å². The predicted octanol–water partition coefficient (Wildman–Crippen LogP) is 6.20. The molecular formula is C33H40F5N5O5S. The van der Waals surface area contributed by atoms with Gasteiger partial charge in [0.15, 0.2) is 6.04 Å². The number of hydrogen-bond acceptors (Lipinski definition) is 6. The van der Waals surface area contributed by atoms with Crippen LogP contribution >= 0.6 is 0 Å². The zero-order valence-electron chi connectivity index (χ0n) is 27.4. The first-order valence-corrected chi connectivity index (χ1v) is 17.6. The molecule has 268 valence electrons. The summed E-state index contributed by atoms with van der Waals surface area (Å²) in [5.74, 6) is -5.09. The average molecular weight is 714 g/mol. The Morgan fingerprint density at radius 2 is 1.55 bits per heavy atom. The van der Waals surface area contributed by atoms with E-state index >= 15 is 8.78 Å². The molecular weight excluding hydrogens is 673 g/mol. The van der Waals surface area contributed by atoms with Crippen molar-refractivity contribution in [2.24, 2.45) is 5.92 Å². The van der Waals surface area contributed by atoms with Crippen LogP contribution in [0.3, 0.4) is 0 Å². The van der Waals surface area contributed by atoms with Crippen LogP contribution in [0.5, 0.6) is 0 Å². The summed E-state index contributed by atoms with van der Waals surface area (Å²) >= 11 is 0. The van der Waals surface area contributed by atoms with Gasteiger partial charge in [0.05, 0.1) is 22.2 Å². The molecule has 5 rings (SSSR count). The molecule has 1 saturated carbocycles. The van der Waals surface area contributed by atoms with Gasteiger partial charge in [-0.15, -0.1) is 0 Å². The third-order valence-electron chi connectivity index (χ3n) is 8.84. The lowest BCUT2D eigenvalue weighted by Gasteiger charge is -2.36. The van der Waals surface area contributed by atoms with Crippen molar-refractivity contribution < 1.29 is 44.7 Å². The van der Waals surface area contributed by atoms with E-state index in [0.717, 1.165) is 30.6 Å². The van der Waals surface area contributed by atoms with Crippen LogP contribution in [-0.4, -0.2) is 65.9 Å². The highest BCUT2D eigenvalue weighted by molar-refractivity contribution is 7.89. The summed E-state index contributed by atoms with van der Waals surface area (Å²) in [6.07, 6.45) is 0.736. The predicted molar refractivity (Wildman–Crippen MR) is 170 cm³/mol. The second kappa shape index (κ2) is 13.8. The minimum absolute atomic E-state index is 0.104. The number of rotatable bonds is 9. The van der Waals surface area contributed by atoms with Crippen LogP contribution in [0, 0.1) is 5.92 Å². The topological polar surface area (TPSA) is 123 Å². The molecule has 49 heavy (non-hydrogen) atoms. The Kier molecular flexibility index (Phi) is 10.3. The molecule has 1 saturated heterocycles. The summed E-state index contributed by atoms with van der Waals surface area (Å²) in [5, 5.41) is 7.52. The highest BCUT2D eigenvalue weighted by Gasteiger charge is 2.50. The zero-order valence-corrected chi connectivity index (χ0v) is 28.2. The summed E-state index contributed by atoms with van der Waals surface area (Å²) in [7, 11) is -4.78. The molecule has 1 unspecified atom stereocenters. The molecule has 0 bridgehead atoms. The number of alkyl halides is 5. The van der Waals surface area contributed by atoms with E-state index in [9.17, 15) is 31.2 Å². The Labute approximate surface area is 281 Å². The minimum atomic E-state index is -4.80. The van der Waals surface area contributed by atoms with E-state index in [1.165, 1.54) is 24.4 Å². The Hall–Kier alpha value is -3.79. The van der Waals surface area contributed by atoms with Gasteiger partial charge in [-0.25, -0.2) is 13.2 Å². The molecule has 1 atom stereocenters.